The summed E-state index contributed by atoms with van der Waals surface area (Å²) >= 11 is 1.74. The minimum Gasteiger partial charge on any atom is -0.385 e. The van der Waals surface area contributed by atoms with E-state index < -0.39 is 0 Å². The number of rotatable bonds is 4. The number of nitrogens with zero attached hydrogens (tertiary/aromatic N) is 3. The quantitative estimate of drug-likeness (QED) is 0.777. The van der Waals surface area contributed by atoms with Crippen LogP contribution in [0.4, 0.5) is 20.8 Å². The van der Waals surface area contributed by atoms with Crippen LogP contribution in [0, 0.1) is 5.82 Å². The average molecular weight is 417 g/mol. The molecule has 5 nitrogen and oxygen atoms in total. The van der Waals surface area contributed by atoms with Crippen molar-refractivity contribution < 1.29 is 9.13 Å². The molecule has 29 heavy (non-hydrogen) atoms. The van der Waals surface area contributed by atoms with Crippen molar-refractivity contribution in [2.45, 2.75) is 32.2 Å². The molecule has 0 unspecified atom stereocenters. The van der Waals surface area contributed by atoms with E-state index in [0.29, 0.717) is 12.0 Å². The summed E-state index contributed by atoms with van der Waals surface area (Å²) < 4.78 is 19.2. The van der Waals surface area contributed by atoms with E-state index in [1.54, 1.807) is 24.5 Å². The highest BCUT2D eigenvalue weighted by Crippen LogP contribution is 2.41. The van der Waals surface area contributed by atoms with E-state index in [4.69, 9.17) is 9.73 Å². The average Bonchev–Trinajstić information content (AvgIpc) is 3.05. The SMILES string of the molecule is COCC[C@H]1CN(C2=Nc3ccc(F)cc3Nc3sc(C(C)C)cc32)CCN1C. The lowest BCUT2D eigenvalue weighted by Crippen LogP contribution is -2.53. The van der Waals surface area contributed by atoms with E-state index in [-0.39, 0.29) is 5.82 Å². The number of anilines is 2. The monoisotopic (exact) mass is 416 g/mol. The number of halogens is 1. The third-order valence-corrected chi connectivity index (χ3v) is 7.08. The maximum atomic E-state index is 13.9. The van der Waals surface area contributed by atoms with Gasteiger partial charge in [-0.3, -0.25) is 4.90 Å². The van der Waals surface area contributed by atoms with Crippen LogP contribution in [0.1, 0.15) is 36.6 Å². The molecule has 2 aliphatic heterocycles. The molecule has 3 heterocycles. The molecule has 1 saturated heterocycles. The Kier molecular flexibility index (Phi) is 5.90. The van der Waals surface area contributed by atoms with Crippen LogP contribution in [-0.2, 0) is 4.74 Å². The van der Waals surface area contributed by atoms with Crippen LogP contribution in [0.2, 0.25) is 0 Å². The van der Waals surface area contributed by atoms with E-state index >= 15 is 0 Å². The van der Waals surface area contributed by atoms with Gasteiger partial charge in [-0.05, 0) is 43.7 Å². The van der Waals surface area contributed by atoms with Gasteiger partial charge in [0.1, 0.15) is 16.7 Å². The minimum absolute atomic E-state index is 0.253. The fraction of sp³-hybridized carbons (Fsp3) is 0.500. The number of ether oxygens (including phenoxy) is 1. The molecular weight excluding hydrogens is 387 g/mol. The first-order valence-corrected chi connectivity index (χ1v) is 11.0. The van der Waals surface area contributed by atoms with E-state index in [1.165, 1.54) is 17.0 Å². The lowest BCUT2D eigenvalue weighted by molar-refractivity contribution is 0.100. The van der Waals surface area contributed by atoms with Gasteiger partial charge in [-0.25, -0.2) is 9.38 Å². The van der Waals surface area contributed by atoms with Gasteiger partial charge in [0.05, 0.1) is 16.9 Å². The van der Waals surface area contributed by atoms with Crippen molar-refractivity contribution in [3.63, 3.8) is 0 Å². The van der Waals surface area contributed by atoms with E-state index in [1.807, 2.05) is 0 Å². The Morgan fingerprint density at radius 1 is 1.31 bits per heavy atom. The number of nitrogens with one attached hydrogen (secondary N) is 1. The molecule has 2 aromatic rings. The van der Waals surface area contributed by atoms with Crippen molar-refractivity contribution in [3.8, 4) is 0 Å². The first-order valence-electron chi connectivity index (χ1n) is 10.2. The number of benzene rings is 1. The zero-order valence-corrected chi connectivity index (χ0v) is 18.4. The van der Waals surface area contributed by atoms with Gasteiger partial charge in [-0.1, -0.05) is 13.8 Å². The summed E-state index contributed by atoms with van der Waals surface area (Å²) in [6, 6.07) is 7.44. The number of piperazine rings is 1. The Bertz CT molecular complexity index is 910. The first-order chi connectivity index (χ1) is 14.0. The summed E-state index contributed by atoms with van der Waals surface area (Å²) in [7, 11) is 3.93. The van der Waals surface area contributed by atoms with Gasteiger partial charge >= 0.3 is 0 Å². The number of methoxy groups -OCH3 is 1. The van der Waals surface area contributed by atoms with Crippen LogP contribution < -0.4 is 5.32 Å². The number of thiophene rings is 1. The predicted octanol–water partition coefficient (Wildman–Crippen LogP) is 4.80. The third kappa shape index (κ3) is 4.17. The van der Waals surface area contributed by atoms with E-state index in [0.717, 1.165) is 60.4 Å². The summed E-state index contributed by atoms with van der Waals surface area (Å²) in [5, 5.41) is 4.49. The standard InChI is InChI=1S/C22H29FN4OS/c1-14(2)20-12-17-21(27-9-8-26(3)16(13-27)7-10-28-4)24-18-6-5-15(23)11-19(18)25-22(17)29-20/h5-6,11-12,14,16,25H,7-10,13H2,1-4H3/t16-/m0/s1. The Balaban J connectivity index is 1.74. The molecule has 2 aliphatic rings. The van der Waals surface area contributed by atoms with Gasteiger partial charge < -0.3 is 15.0 Å². The number of fused-ring (bicyclic) bond motifs is 2. The second-order valence-corrected chi connectivity index (χ2v) is 9.21. The second-order valence-electron chi connectivity index (χ2n) is 8.13. The third-order valence-electron chi connectivity index (χ3n) is 5.73. The Morgan fingerprint density at radius 2 is 2.14 bits per heavy atom. The van der Waals surface area contributed by atoms with Crippen molar-refractivity contribution in [2.75, 3.05) is 45.7 Å². The molecule has 0 amide bonds. The summed E-state index contributed by atoms with van der Waals surface area (Å²) in [6.07, 6.45) is 0.991. The topological polar surface area (TPSA) is 40.1 Å². The molecule has 0 aliphatic carbocycles. The summed E-state index contributed by atoms with van der Waals surface area (Å²) in [5.41, 5.74) is 2.62. The maximum absolute atomic E-state index is 13.9. The highest BCUT2D eigenvalue weighted by atomic mass is 32.1. The molecule has 0 saturated carbocycles. The zero-order valence-electron chi connectivity index (χ0n) is 17.5. The zero-order chi connectivity index (χ0) is 20.5. The van der Waals surface area contributed by atoms with Gasteiger partial charge in [0.15, 0.2) is 0 Å². The van der Waals surface area contributed by atoms with Gasteiger partial charge in [0, 0.05) is 44.3 Å². The molecule has 4 rings (SSSR count). The number of aliphatic imine (C=N–C) groups is 1. The molecule has 0 bridgehead atoms. The smallest absolute Gasteiger partial charge is 0.139 e. The van der Waals surface area contributed by atoms with Crippen LogP contribution in [-0.4, -0.2) is 62.1 Å². The number of likely N-dealkylation sites (N-methyl/N-ethyl adjacent to an activating group) is 1. The summed E-state index contributed by atoms with van der Waals surface area (Å²) in [5.74, 6) is 1.16. The molecule has 1 aromatic heterocycles. The molecule has 156 valence electrons. The van der Waals surface area contributed by atoms with Gasteiger partial charge in [0.2, 0.25) is 0 Å². The number of hydrogen-bond donors (Lipinski definition) is 1. The largest absolute Gasteiger partial charge is 0.385 e. The molecule has 0 spiro atoms. The lowest BCUT2D eigenvalue weighted by atomic mass is 10.1. The van der Waals surface area contributed by atoms with E-state index in [9.17, 15) is 4.39 Å². The Labute approximate surface area is 176 Å². The van der Waals surface area contributed by atoms with Gasteiger partial charge in [-0.15, -0.1) is 11.3 Å². The highest BCUT2D eigenvalue weighted by molar-refractivity contribution is 7.16. The summed E-state index contributed by atoms with van der Waals surface area (Å²) in [4.78, 5) is 11.1. The second kappa shape index (κ2) is 8.42. The maximum Gasteiger partial charge on any atom is 0.139 e. The number of amidine groups is 1. The van der Waals surface area contributed by atoms with Crippen molar-refractivity contribution in [3.05, 3.63) is 40.5 Å². The lowest BCUT2D eigenvalue weighted by Gasteiger charge is -2.40. The molecule has 1 aromatic carbocycles. The minimum atomic E-state index is -0.253. The van der Waals surface area contributed by atoms with Crippen LogP contribution in [0.3, 0.4) is 0 Å². The Hall–Kier alpha value is -1.96. The molecule has 1 N–H and O–H groups in total. The van der Waals surface area contributed by atoms with Crippen LogP contribution in [0.15, 0.2) is 29.3 Å². The van der Waals surface area contributed by atoms with Crippen LogP contribution >= 0.6 is 11.3 Å². The van der Waals surface area contributed by atoms with E-state index in [2.05, 4.69) is 42.1 Å². The molecular formula is C22H29FN4OS. The van der Waals surface area contributed by atoms with Gasteiger partial charge in [-0.2, -0.15) is 0 Å². The normalized spacial score (nSPS) is 19.4. The number of hydrogen-bond acceptors (Lipinski definition) is 6. The molecule has 1 atom stereocenters. The van der Waals surface area contributed by atoms with Crippen molar-refractivity contribution in [1.29, 1.82) is 0 Å². The van der Waals surface area contributed by atoms with Crippen molar-refractivity contribution in [2.24, 2.45) is 4.99 Å². The molecule has 7 heteroatoms. The first kappa shape index (κ1) is 20.3. The summed E-state index contributed by atoms with van der Waals surface area (Å²) in [6.45, 7) is 7.95. The van der Waals surface area contributed by atoms with Crippen LogP contribution in [0.25, 0.3) is 0 Å². The molecule has 0 radical (unpaired) electrons. The Morgan fingerprint density at radius 3 is 2.90 bits per heavy atom. The van der Waals surface area contributed by atoms with Crippen molar-refractivity contribution in [1.82, 2.24) is 9.80 Å². The van der Waals surface area contributed by atoms with Gasteiger partial charge in [0.25, 0.3) is 0 Å². The highest BCUT2D eigenvalue weighted by Gasteiger charge is 2.30. The fourth-order valence-corrected chi connectivity index (χ4v) is 4.97. The van der Waals surface area contributed by atoms with Crippen molar-refractivity contribution >= 4 is 33.5 Å². The fourth-order valence-electron chi connectivity index (χ4n) is 3.90. The predicted molar refractivity (Wildman–Crippen MR) is 119 cm³/mol. The molecule has 1 fully saturated rings. The van der Waals surface area contributed by atoms with Crippen LogP contribution in [0.5, 0.6) is 0 Å².